The summed E-state index contributed by atoms with van der Waals surface area (Å²) in [6, 6.07) is 4.42. The third-order valence-corrected chi connectivity index (χ3v) is 10.4. The van der Waals surface area contributed by atoms with Crippen LogP contribution >= 0.6 is 11.8 Å². The van der Waals surface area contributed by atoms with Crippen LogP contribution in [0.25, 0.3) is 0 Å². The smallest absolute Gasteiger partial charge is 0.315 e. The maximum Gasteiger partial charge on any atom is 0.315 e. The lowest BCUT2D eigenvalue weighted by Gasteiger charge is -2.38. The maximum absolute atomic E-state index is 14.4. The molecule has 0 aromatic heterocycles. The van der Waals surface area contributed by atoms with Crippen LogP contribution in [0.5, 0.6) is 0 Å². The molecular formula is C38H54N6O6S. The summed E-state index contributed by atoms with van der Waals surface area (Å²) in [5, 5.41) is 9.78. The molecule has 1 fully saturated rings. The number of carbonyl (C=O) groups is 6. The lowest BCUT2D eigenvalue weighted by Crippen LogP contribution is -2.62. The van der Waals surface area contributed by atoms with Crippen LogP contribution in [0.3, 0.4) is 0 Å². The quantitative estimate of drug-likeness (QED) is 0.0994. The number of nitrogens with one attached hydrogen (secondary N) is 4. The van der Waals surface area contributed by atoms with Crippen LogP contribution in [0.2, 0.25) is 0 Å². The number of rotatable bonds is 14. The first kappa shape index (κ1) is 41.1. The molecule has 0 bridgehead atoms. The van der Waals surface area contributed by atoms with Crippen LogP contribution in [0, 0.1) is 35.0 Å². The molecule has 6 amide bonds. The van der Waals surface area contributed by atoms with Gasteiger partial charge in [-0.25, -0.2) is 4.79 Å². The topological polar surface area (TPSA) is 157 Å². The van der Waals surface area contributed by atoms with Gasteiger partial charge in [0.1, 0.15) is 17.5 Å². The Morgan fingerprint density at radius 1 is 1.04 bits per heavy atom. The Morgan fingerprint density at radius 2 is 1.71 bits per heavy atom. The Hall–Kier alpha value is -4.31. The third kappa shape index (κ3) is 10.4. The molecule has 4 N–H and O–H groups in total. The van der Waals surface area contributed by atoms with Gasteiger partial charge in [-0.15, -0.1) is 24.8 Å². The second-order valence-corrected chi connectivity index (χ2v) is 16.7. The number of nitrogens with zero attached hydrogens (tertiary/aromatic N) is 2. The van der Waals surface area contributed by atoms with Gasteiger partial charge in [-0.05, 0) is 40.7 Å². The molecule has 2 aliphatic rings. The molecular weight excluding hydrogens is 669 g/mol. The Morgan fingerprint density at radius 3 is 2.27 bits per heavy atom. The van der Waals surface area contributed by atoms with Crippen molar-refractivity contribution in [2.24, 2.45) is 22.7 Å². The van der Waals surface area contributed by atoms with Crippen molar-refractivity contribution in [2.75, 3.05) is 25.4 Å². The summed E-state index contributed by atoms with van der Waals surface area (Å²) >= 11 is 0.935. The molecule has 0 aliphatic carbocycles. The molecule has 3 rings (SSSR count). The fourth-order valence-corrected chi connectivity index (χ4v) is 7.08. The van der Waals surface area contributed by atoms with Crippen LogP contribution in [0.15, 0.2) is 36.9 Å². The number of benzene rings is 1. The molecule has 13 heteroatoms. The average Bonchev–Trinajstić information content (AvgIpc) is 3.64. The molecule has 0 radical (unpaired) electrons. The Labute approximate surface area is 306 Å². The number of hydrogen-bond acceptors (Lipinski definition) is 7. The minimum Gasteiger partial charge on any atom is -0.346 e. The molecule has 0 spiro atoms. The van der Waals surface area contributed by atoms with E-state index in [1.165, 1.54) is 11.0 Å². The molecule has 51 heavy (non-hydrogen) atoms. The van der Waals surface area contributed by atoms with Gasteiger partial charge in [-0.3, -0.25) is 24.0 Å². The van der Waals surface area contributed by atoms with E-state index >= 15 is 0 Å². The van der Waals surface area contributed by atoms with E-state index in [1.54, 1.807) is 11.0 Å². The zero-order valence-corrected chi connectivity index (χ0v) is 31.9. The highest BCUT2D eigenvalue weighted by Crippen LogP contribution is 2.34. The largest absolute Gasteiger partial charge is 0.346 e. The number of ketones is 1. The predicted molar refractivity (Wildman–Crippen MR) is 199 cm³/mol. The predicted octanol–water partition coefficient (Wildman–Crippen LogP) is 3.32. The van der Waals surface area contributed by atoms with Gasteiger partial charge < -0.3 is 31.1 Å². The van der Waals surface area contributed by atoms with Crippen molar-refractivity contribution in [2.45, 2.75) is 91.9 Å². The van der Waals surface area contributed by atoms with E-state index in [4.69, 9.17) is 6.42 Å². The van der Waals surface area contributed by atoms with Gasteiger partial charge in [0.05, 0.1) is 11.8 Å². The first-order valence-corrected chi connectivity index (χ1v) is 18.4. The number of likely N-dealkylation sites (tertiary alicyclic amines) is 1. The molecule has 12 nitrogen and oxygen atoms in total. The van der Waals surface area contributed by atoms with E-state index in [9.17, 15) is 28.8 Å². The molecule has 0 saturated carbocycles. The summed E-state index contributed by atoms with van der Waals surface area (Å²) in [4.78, 5) is 84.0. The zero-order chi connectivity index (χ0) is 38.3. The number of fused-ring (bicyclic) bond motifs is 1. The van der Waals surface area contributed by atoms with Crippen LogP contribution in [-0.4, -0.2) is 94.1 Å². The summed E-state index contributed by atoms with van der Waals surface area (Å²) in [5.74, 6) is -0.664. The van der Waals surface area contributed by atoms with Crippen molar-refractivity contribution in [1.29, 1.82) is 0 Å². The zero-order valence-electron chi connectivity index (χ0n) is 31.1. The van der Waals surface area contributed by atoms with Gasteiger partial charge >= 0.3 is 6.03 Å². The lowest BCUT2D eigenvalue weighted by atomic mass is 9.84. The first-order valence-electron chi connectivity index (χ1n) is 17.3. The molecule has 2 heterocycles. The van der Waals surface area contributed by atoms with E-state index in [0.29, 0.717) is 18.5 Å². The molecule has 2 aliphatic heterocycles. The van der Waals surface area contributed by atoms with Gasteiger partial charge in [0, 0.05) is 31.7 Å². The summed E-state index contributed by atoms with van der Waals surface area (Å²) in [7, 11) is 0. The van der Waals surface area contributed by atoms with E-state index in [2.05, 4.69) is 33.8 Å². The van der Waals surface area contributed by atoms with Crippen LogP contribution in [0.1, 0.15) is 77.7 Å². The van der Waals surface area contributed by atoms with Crippen molar-refractivity contribution in [1.82, 2.24) is 31.1 Å². The molecule has 1 aromatic carbocycles. The fourth-order valence-electron chi connectivity index (χ4n) is 6.36. The van der Waals surface area contributed by atoms with E-state index in [0.717, 1.165) is 17.3 Å². The first-order chi connectivity index (χ1) is 23.8. The van der Waals surface area contributed by atoms with Crippen molar-refractivity contribution in [3.63, 3.8) is 0 Å². The van der Waals surface area contributed by atoms with Crippen molar-refractivity contribution in [3.05, 3.63) is 48.0 Å². The lowest BCUT2D eigenvalue weighted by molar-refractivity contribution is -0.144. The van der Waals surface area contributed by atoms with E-state index in [-0.39, 0.29) is 43.1 Å². The summed E-state index contributed by atoms with van der Waals surface area (Å²) in [6.07, 6.45) is 7.38. The summed E-state index contributed by atoms with van der Waals surface area (Å²) in [6.45, 7) is 19.9. The monoisotopic (exact) mass is 722 g/mol. The molecule has 278 valence electrons. The van der Waals surface area contributed by atoms with Gasteiger partial charge in [-0.1, -0.05) is 85.6 Å². The van der Waals surface area contributed by atoms with Gasteiger partial charge in [0.15, 0.2) is 0 Å². The highest BCUT2D eigenvalue weighted by atomic mass is 32.2. The number of hydrogen-bond donors (Lipinski definition) is 4. The van der Waals surface area contributed by atoms with E-state index < -0.39 is 63.9 Å². The van der Waals surface area contributed by atoms with Gasteiger partial charge in [-0.2, -0.15) is 0 Å². The van der Waals surface area contributed by atoms with Crippen molar-refractivity contribution >= 4 is 47.2 Å². The Bertz CT molecular complexity index is 1540. The highest BCUT2D eigenvalue weighted by Gasteiger charge is 2.48. The molecule has 1 aromatic rings. The average molecular weight is 723 g/mol. The molecule has 5 atom stereocenters. The molecule has 1 saturated heterocycles. The Kier molecular flexibility index (Phi) is 13.9. The van der Waals surface area contributed by atoms with Crippen molar-refractivity contribution in [3.8, 4) is 12.3 Å². The fraction of sp³-hybridized carbons (Fsp3) is 0.579. The SMILES string of the molecule is C#CCSC(NC(=O)[C@@H]1[C@@H](C(C)C)CCN1C(=O)[C@@H](NC(=O)N[C@H](CN1Cc2ccccc2C1=O)C(C)(C)C)C(C)(C)C)C(=O)C(=O)NCC=C. The maximum atomic E-state index is 14.4. The van der Waals surface area contributed by atoms with Crippen molar-refractivity contribution < 1.29 is 28.8 Å². The standard InChI is InChI=1S/C38H54N6O6S/c1-11-18-39-32(47)29(45)33(51-20-12-2)42-31(46)28-25(23(3)4)17-19-44(28)35(49)30(38(8,9)10)41-36(50)40-27(37(5,6)7)22-43-21-24-15-13-14-16-26(24)34(43)48/h2,11,13-16,23,25,27-28,30,33H,1,17-22H2,3-10H3,(H,39,47)(H,42,46)(H2,40,41,50)/t25-,27-,28+,30-,33?/m1/s1. The minimum absolute atomic E-state index is 0.00160. The number of Topliss-reactive ketones (excluding diaryl/α,β-unsaturated/α-hetero) is 1. The number of urea groups is 1. The van der Waals surface area contributed by atoms with Crippen LogP contribution < -0.4 is 21.3 Å². The highest BCUT2D eigenvalue weighted by molar-refractivity contribution is 8.00. The van der Waals surface area contributed by atoms with Gasteiger partial charge in [0.2, 0.25) is 11.8 Å². The number of terminal acetylenes is 1. The second-order valence-electron chi connectivity index (χ2n) is 15.6. The van der Waals surface area contributed by atoms with Crippen LogP contribution in [0.4, 0.5) is 4.79 Å². The number of thioether (sulfide) groups is 1. The van der Waals surface area contributed by atoms with Gasteiger partial charge in [0.25, 0.3) is 17.6 Å². The normalized spacial score (nSPS) is 19.0. The second kappa shape index (κ2) is 17.3. The minimum atomic E-state index is -1.27. The number of carbonyl (C=O) groups excluding carboxylic acids is 6. The van der Waals surface area contributed by atoms with Crippen LogP contribution in [-0.2, 0) is 25.7 Å². The number of amides is 6. The Balaban J connectivity index is 1.83. The summed E-state index contributed by atoms with van der Waals surface area (Å²) in [5.41, 5.74) is 0.380. The molecule has 1 unspecified atom stereocenters. The summed E-state index contributed by atoms with van der Waals surface area (Å²) < 4.78 is 0. The third-order valence-electron chi connectivity index (χ3n) is 9.37. The van der Waals surface area contributed by atoms with E-state index in [1.807, 2.05) is 73.6 Å².